The molecule has 0 unspecified atom stereocenters. The summed E-state index contributed by atoms with van der Waals surface area (Å²) in [5, 5.41) is 32.9. The highest BCUT2D eigenvalue weighted by atomic mass is 32.2. The molecule has 0 spiro atoms. The van der Waals surface area contributed by atoms with E-state index in [0.717, 1.165) is 0 Å². The van der Waals surface area contributed by atoms with Crippen LogP contribution in [0.15, 0.2) is 0 Å². The van der Waals surface area contributed by atoms with Crippen molar-refractivity contribution in [1.29, 1.82) is 0 Å². The fraction of sp³-hybridized carbons (Fsp3) is 1.00. The molecular weight excluding hydrogens is 176 g/mol. The summed E-state index contributed by atoms with van der Waals surface area (Å²) in [7, 11) is -3.78. The van der Waals surface area contributed by atoms with Gasteiger partial charge in [-0.1, -0.05) is 0 Å². The van der Waals surface area contributed by atoms with E-state index in [0.29, 0.717) is 0 Å². The maximum atomic E-state index is 10.6. The van der Waals surface area contributed by atoms with Crippen molar-refractivity contribution in [1.82, 2.24) is 0 Å². The predicted molar refractivity (Wildman–Crippen MR) is 35.1 cm³/mol. The summed E-state index contributed by atoms with van der Waals surface area (Å²) in [6.45, 7) is 0. The minimum atomic E-state index is -3.78. The monoisotopic (exact) mass is 186 g/mol. The third kappa shape index (κ3) is 6.20. The molecule has 0 amide bonds. The van der Waals surface area contributed by atoms with Gasteiger partial charge < -0.3 is 20.4 Å². The second-order valence-corrected chi connectivity index (χ2v) is 4.19. The highest BCUT2D eigenvalue weighted by Crippen LogP contribution is 1.94. The first-order valence-electron chi connectivity index (χ1n) is 2.76. The van der Waals surface area contributed by atoms with Gasteiger partial charge in [-0.15, -0.1) is 0 Å². The van der Waals surface area contributed by atoms with E-state index >= 15 is 0 Å². The number of aliphatic hydroxyl groups is 4. The van der Waals surface area contributed by atoms with Gasteiger partial charge in [0.2, 0.25) is 0 Å². The first kappa shape index (κ1) is 10.8. The molecule has 0 aliphatic carbocycles. The molecule has 0 radical (unpaired) electrons. The molecule has 11 heavy (non-hydrogen) atoms. The second kappa shape index (κ2) is 3.98. The average molecular weight is 186 g/mol. The molecule has 0 saturated heterocycles. The van der Waals surface area contributed by atoms with Gasteiger partial charge in [0.05, 0.1) is 0 Å². The largest absolute Gasteiger partial charge is 0.367 e. The van der Waals surface area contributed by atoms with Gasteiger partial charge in [0.1, 0.15) is 11.5 Å². The van der Waals surface area contributed by atoms with E-state index in [1.807, 2.05) is 0 Å². The van der Waals surface area contributed by atoms with Crippen LogP contribution in [0, 0.1) is 0 Å². The zero-order valence-electron chi connectivity index (χ0n) is 5.58. The van der Waals surface area contributed by atoms with Gasteiger partial charge in [0.15, 0.2) is 22.4 Å². The Labute approximate surface area is 63.6 Å². The minimum absolute atomic E-state index is 0.884. The van der Waals surface area contributed by atoms with Crippen LogP contribution in [-0.2, 0) is 9.84 Å². The Hall–Kier alpha value is -0.210. The normalized spacial score (nSPS) is 12.9. The summed E-state index contributed by atoms with van der Waals surface area (Å²) in [4.78, 5) is 0. The minimum Gasteiger partial charge on any atom is -0.367 e. The van der Waals surface area contributed by atoms with E-state index in [1.165, 1.54) is 0 Å². The Morgan fingerprint density at radius 1 is 0.909 bits per heavy atom. The number of aliphatic hydroxyl groups excluding tert-OH is 2. The van der Waals surface area contributed by atoms with Gasteiger partial charge in [-0.3, -0.25) is 0 Å². The molecule has 0 rings (SSSR count). The number of hydrogen-bond acceptors (Lipinski definition) is 6. The van der Waals surface area contributed by atoms with Crippen molar-refractivity contribution in [2.45, 2.75) is 12.6 Å². The fourth-order valence-electron chi connectivity index (χ4n) is 0.522. The smallest absolute Gasteiger partial charge is 0.165 e. The molecule has 6 nitrogen and oxygen atoms in total. The molecule has 0 aliphatic rings. The van der Waals surface area contributed by atoms with Crippen molar-refractivity contribution in [2.75, 3.05) is 11.5 Å². The highest BCUT2D eigenvalue weighted by molar-refractivity contribution is 7.91. The lowest BCUT2D eigenvalue weighted by Gasteiger charge is -2.06. The van der Waals surface area contributed by atoms with E-state index < -0.39 is 33.9 Å². The molecule has 0 aromatic heterocycles. The Kier molecular flexibility index (Phi) is 3.90. The molecule has 68 valence electrons. The molecule has 0 atom stereocenters. The lowest BCUT2D eigenvalue weighted by molar-refractivity contribution is -0.0249. The van der Waals surface area contributed by atoms with Crippen LogP contribution in [0.2, 0.25) is 0 Å². The summed E-state index contributed by atoms with van der Waals surface area (Å²) < 4.78 is 21.2. The predicted octanol–water partition coefficient (Wildman–Crippen LogP) is -2.98. The van der Waals surface area contributed by atoms with E-state index in [-0.39, 0.29) is 0 Å². The van der Waals surface area contributed by atoms with E-state index in [9.17, 15) is 8.42 Å². The Morgan fingerprint density at radius 2 is 1.18 bits per heavy atom. The molecule has 0 bridgehead atoms. The van der Waals surface area contributed by atoms with Crippen LogP contribution < -0.4 is 0 Å². The van der Waals surface area contributed by atoms with Crippen molar-refractivity contribution >= 4 is 9.84 Å². The number of sulfone groups is 1. The lowest BCUT2D eigenvalue weighted by Crippen LogP contribution is -2.28. The standard InChI is InChI=1S/C4H10O6S/c5-3(6)1-11(9,10)2-4(7)8/h3-8H,1-2H2. The van der Waals surface area contributed by atoms with Gasteiger partial charge in [-0.05, 0) is 0 Å². The maximum Gasteiger partial charge on any atom is 0.165 e. The quantitative estimate of drug-likeness (QED) is 0.348. The van der Waals surface area contributed by atoms with Crippen LogP contribution in [0.1, 0.15) is 0 Å². The zero-order chi connectivity index (χ0) is 9.07. The molecule has 0 aromatic carbocycles. The number of rotatable bonds is 4. The molecule has 0 heterocycles. The summed E-state index contributed by atoms with van der Waals surface area (Å²) in [6.07, 6.45) is -3.95. The van der Waals surface area contributed by atoms with Gasteiger partial charge in [0.25, 0.3) is 0 Å². The SMILES string of the molecule is O=S(=O)(CC(O)O)CC(O)O. The first-order chi connectivity index (χ1) is 4.83. The second-order valence-electron chi connectivity index (χ2n) is 2.04. The van der Waals surface area contributed by atoms with E-state index in [1.54, 1.807) is 0 Å². The van der Waals surface area contributed by atoms with Gasteiger partial charge in [-0.2, -0.15) is 0 Å². The maximum absolute atomic E-state index is 10.6. The lowest BCUT2D eigenvalue weighted by atomic mass is 10.8. The van der Waals surface area contributed by atoms with Gasteiger partial charge in [0, 0.05) is 0 Å². The average Bonchev–Trinajstić information content (AvgIpc) is 1.53. The molecular formula is C4H10O6S. The fourth-order valence-corrected chi connectivity index (χ4v) is 1.57. The molecule has 0 aliphatic heterocycles. The summed E-state index contributed by atoms with van der Waals surface area (Å²) >= 11 is 0. The van der Waals surface area contributed by atoms with E-state index in [2.05, 4.69) is 0 Å². The van der Waals surface area contributed by atoms with Crippen molar-refractivity contribution < 1.29 is 28.8 Å². The summed E-state index contributed by atoms with van der Waals surface area (Å²) in [5.41, 5.74) is 0. The van der Waals surface area contributed by atoms with Crippen molar-refractivity contribution in [3.8, 4) is 0 Å². The molecule has 4 N–H and O–H groups in total. The van der Waals surface area contributed by atoms with Gasteiger partial charge in [-0.25, -0.2) is 8.42 Å². The third-order valence-corrected chi connectivity index (χ3v) is 2.42. The van der Waals surface area contributed by atoms with Crippen molar-refractivity contribution in [3.05, 3.63) is 0 Å². The topological polar surface area (TPSA) is 115 Å². The highest BCUT2D eigenvalue weighted by Gasteiger charge is 2.18. The molecule has 0 aromatic rings. The Balaban J connectivity index is 4.03. The van der Waals surface area contributed by atoms with Crippen molar-refractivity contribution in [2.24, 2.45) is 0 Å². The molecule has 7 heteroatoms. The van der Waals surface area contributed by atoms with E-state index in [4.69, 9.17) is 20.4 Å². The van der Waals surface area contributed by atoms with Gasteiger partial charge >= 0.3 is 0 Å². The van der Waals surface area contributed by atoms with Crippen LogP contribution in [0.25, 0.3) is 0 Å². The first-order valence-corrected chi connectivity index (χ1v) is 4.58. The molecule has 0 fully saturated rings. The van der Waals surface area contributed by atoms with Crippen molar-refractivity contribution in [3.63, 3.8) is 0 Å². The summed E-state index contributed by atoms with van der Waals surface area (Å²) in [6, 6.07) is 0. The molecule has 0 saturated carbocycles. The van der Waals surface area contributed by atoms with Crippen LogP contribution in [0.4, 0.5) is 0 Å². The van der Waals surface area contributed by atoms with Crippen LogP contribution in [-0.4, -0.2) is 52.9 Å². The Morgan fingerprint density at radius 3 is 1.36 bits per heavy atom. The third-order valence-electron chi connectivity index (χ3n) is 0.806. The Bertz CT molecular complexity index is 177. The van der Waals surface area contributed by atoms with Crippen LogP contribution >= 0.6 is 0 Å². The van der Waals surface area contributed by atoms with Crippen LogP contribution in [0.5, 0.6) is 0 Å². The van der Waals surface area contributed by atoms with Crippen LogP contribution in [0.3, 0.4) is 0 Å². The summed E-state index contributed by atoms with van der Waals surface area (Å²) in [5.74, 6) is -1.77. The number of hydrogen-bond donors (Lipinski definition) is 4. The zero-order valence-corrected chi connectivity index (χ0v) is 6.40.